The number of ether oxygens (including phenoxy) is 1. The van der Waals surface area contributed by atoms with Gasteiger partial charge in [0.25, 0.3) is 0 Å². The van der Waals surface area contributed by atoms with Crippen LogP contribution >= 0.6 is 0 Å². The summed E-state index contributed by atoms with van der Waals surface area (Å²) < 4.78 is 11.8. The molecule has 0 saturated carbocycles. The maximum atomic E-state index is 13.2. The van der Waals surface area contributed by atoms with Gasteiger partial charge in [0.15, 0.2) is 5.76 Å². The summed E-state index contributed by atoms with van der Waals surface area (Å²) in [7, 11) is 3.68. The van der Waals surface area contributed by atoms with Crippen molar-refractivity contribution in [2.24, 2.45) is 5.92 Å². The highest BCUT2D eigenvalue weighted by Crippen LogP contribution is 2.34. The second-order valence-electron chi connectivity index (χ2n) is 9.93. The van der Waals surface area contributed by atoms with Crippen LogP contribution in [0.3, 0.4) is 0 Å². The van der Waals surface area contributed by atoms with E-state index in [1.54, 1.807) is 13.3 Å². The summed E-state index contributed by atoms with van der Waals surface area (Å²) >= 11 is 0. The highest BCUT2D eigenvalue weighted by molar-refractivity contribution is 5.85. The molecule has 37 heavy (non-hydrogen) atoms. The van der Waals surface area contributed by atoms with Gasteiger partial charge >= 0.3 is 0 Å². The van der Waals surface area contributed by atoms with Crippen LogP contribution in [0, 0.1) is 5.92 Å². The van der Waals surface area contributed by atoms with Crippen LogP contribution < -0.4 is 10.1 Å². The Bertz CT molecular complexity index is 1200. The summed E-state index contributed by atoms with van der Waals surface area (Å²) in [6, 6.07) is 9.50. The van der Waals surface area contributed by atoms with Gasteiger partial charge in [0.1, 0.15) is 11.8 Å². The van der Waals surface area contributed by atoms with Crippen LogP contribution in [0.5, 0.6) is 5.88 Å². The molecule has 4 rings (SSSR count). The summed E-state index contributed by atoms with van der Waals surface area (Å²) in [4.78, 5) is 36.2. The molecule has 8 heteroatoms. The van der Waals surface area contributed by atoms with Crippen molar-refractivity contribution in [2.45, 2.75) is 64.3 Å². The van der Waals surface area contributed by atoms with Gasteiger partial charge in [-0.2, -0.15) is 0 Å². The molecule has 2 aromatic heterocycles. The number of oxazole rings is 1. The van der Waals surface area contributed by atoms with Gasteiger partial charge in [-0.3, -0.25) is 9.59 Å². The summed E-state index contributed by atoms with van der Waals surface area (Å²) in [5.74, 6) is 1.86. The molecule has 0 bridgehead atoms. The minimum absolute atomic E-state index is 0.0000835. The van der Waals surface area contributed by atoms with Crippen LogP contribution in [-0.4, -0.2) is 53.8 Å². The first-order valence-corrected chi connectivity index (χ1v) is 13.4. The fraction of sp³-hybridized carbons (Fsp3) is 0.517. The summed E-state index contributed by atoms with van der Waals surface area (Å²) in [6.45, 7) is 3.75. The van der Waals surface area contributed by atoms with Crippen LogP contribution in [-0.2, 0) is 9.59 Å². The number of fused-ring (bicyclic) bond motifs is 1. The first kappa shape index (κ1) is 26.8. The van der Waals surface area contributed by atoms with Crippen molar-refractivity contribution in [3.63, 3.8) is 0 Å². The molecule has 1 aliphatic heterocycles. The number of para-hydroxylation sites is 1. The quantitative estimate of drug-likeness (QED) is 0.332. The van der Waals surface area contributed by atoms with Crippen molar-refractivity contribution in [1.82, 2.24) is 20.2 Å². The lowest BCUT2D eigenvalue weighted by Gasteiger charge is -2.29. The van der Waals surface area contributed by atoms with Gasteiger partial charge in [-0.25, -0.2) is 9.97 Å². The molecule has 1 saturated heterocycles. The summed E-state index contributed by atoms with van der Waals surface area (Å²) in [5, 5.41) is 4.20. The zero-order chi connectivity index (χ0) is 26.2. The number of hydrogen-bond donors (Lipinski definition) is 1. The highest BCUT2D eigenvalue weighted by atomic mass is 16.5. The second-order valence-corrected chi connectivity index (χ2v) is 9.93. The Labute approximate surface area is 218 Å². The second kappa shape index (κ2) is 12.8. The number of carbonyl (C=O) groups excluding carboxylic acids is 2. The van der Waals surface area contributed by atoms with Gasteiger partial charge in [0.2, 0.25) is 17.7 Å². The number of rotatable bonds is 12. The Balaban J connectivity index is 1.51. The van der Waals surface area contributed by atoms with Gasteiger partial charge < -0.3 is 19.4 Å². The third kappa shape index (κ3) is 6.95. The number of carbonyl (C=O) groups is 2. The lowest BCUT2D eigenvalue weighted by Crippen LogP contribution is -2.40. The first-order valence-electron chi connectivity index (χ1n) is 13.4. The molecule has 3 heterocycles. The molecule has 1 fully saturated rings. The average molecular weight is 507 g/mol. The molecular weight excluding hydrogens is 468 g/mol. The van der Waals surface area contributed by atoms with Gasteiger partial charge in [-0.05, 0) is 58.0 Å². The van der Waals surface area contributed by atoms with Crippen LogP contribution in [0.2, 0.25) is 0 Å². The van der Waals surface area contributed by atoms with E-state index in [-0.39, 0.29) is 17.9 Å². The Hall–Kier alpha value is -3.26. The molecule has 0 aliphatic carbocycles. The number of methoxy groups -OCH3 is 1. The summed E-state index contributed by atoms with van der Waals surface area (Å²) in [6.07, 6.45) is 7.93. The number of nitrogens with zero attached hydrogens (tertiary/aromatic N) is 3. The van der Waals surface area contributed by atoms with E-state index < -0.39 is 0 Å². The molecule has 1 aromatic carbocycles. The van der Waals surface area contributed by atoms with E-state index in [2.05, 4.69) is 27.2 Å². The van der Waals surface area contributed by atoms with Crippen molar-refractivity contribution < 1.29 is 18.7 Å². The van der Waals surface area contributed by atoms with Gasteiger partial charge in [0.05, 0.1) is 24.4 Å². The normalized spacial score (nSPS) is 15.5. The van der Waals surface area contributed by atoms with E-state index in [1.165, 1.54) is 0 Å². The Kier molecular flexibility index (Phi) is 9.28. The van der Waals surface area contributed by atoms with Gasteiger partial charge in [-0.15, -0.1) is 0 Å². The standard InChI is InChI=1S/C29H38N4O4/c1-4-22(34)11-6-5-7-13-25(31-27(35)20-14-16-33(2)17-15-20)29-30-19-26(37-29)23-18-21-10-8-9-12-24(21)32-28(23)36-3/h8-10,12,18-20,25H,4-7,11,13-17H2,1-3H3,(H,31,35)/t25-/m0/s1. The Morgan fingerprint density at radius 2 is 1.97 bits per heavy atom. The van der Waals surface area contributed by atoms with Crippen LogP contribution in [0.4, 0.5) is 0 Å². The van der Waals surface area contributed by atoms with E-state index in [0.29, 0.717) is 42.6 Å². The SMILES string of the molecule is CCC(=O)CCCCC[C@H](NC(=O)C1CCN(C)CC1)c1ncc(-c2cc3ccccc3nc2OC)o1. The fourth-order valence-electron chi connectivity index (χ4n) is 4.85. The van der Waals surface area contributed by atoms with Crippen molar-refractivity contribution in [3.8, 4) is 17.2 Å². The van der Waals surface area contributed by atoms with Crippen molar-refractivity contribution in [2.75, 3.05) is 27.2 Å². The molecule has 1 N–H and O–H groups in total. The molecule has 8 nitrogen and oxygen atoms in total. The molecule has 1 atom stereocenters. The molecule has 198 valence electrons. The molecular formula is C29H38N4O4. The predicted octanol–water partition coefficient (Wildman–Crippen LogP) is 5.33. The largest absolute Gasteiger partial charge is 0.480 e. The molecule has 1 aliphatic rings. The topological polar surface area (TPSA) is 97.6 Å². The minimum atomic E-state index is -0.331. The lowest BCUT2D eigenvalue weighted by atomic mass is 9.95. The number of piperidine rings is 1. The molecule has 0 unspecified atom stereocenters. The number of benzene rings is 1. The fourth-order valence-corrected chi connectivity index (χ4v) is 4.85. The number of ketones is 1. The van der Waals surface area contributed by atoms with E-state index >= 15 is 0 Å². The lowest BCUT2D eigenvalue weighted by molar-refractivity contribution is -0.127. The zero-order valence-electron chi connectivity index (χ0n) is 22.2. The molecule has 1 amide bonds. The van der Waals surface area contributed by atoms with E-state index in [1.807, 2.05) is 37.3 Å². The summed E-state index contributed by atoms with van der Waals surface area (Å²) in [5.41, 5.74) is 1.56. The molecule has 0 spiro atoms. The van der Waals surface area contributed by atoms with Crippen molar-refractivity contribution in [1.29, 1.82) is 0 Å². The third-order valence-corrected chi connectivity index (χ3v) is 7.22. The number of nitrogens with one attached hydrogen (secondary N) is 1. The monoisotopic (exact) mass is 506 g/mol. The number of amides is 1. The zero-order valence-corrected chi connectivity index (χ0v) is 22.2. The minimum Gasteiger partial charge on any atom is -0.480 e. The van der Waals surface area contributed by atoms with Crippen molar-refractivity contribution >= 4 is 22.6 Å². The highest BCUT2D eigenvalue weighted by Gasteiger charge is 2.28. The molecule has 0 radical (unpaired) electrons. The smallest absolute Gasteiger partial charge is 0.224 e. The van der Waals surface area contributed by atoms with Crippen molar-refractivity contribution in [3.05, 3.63) is 42.4 Å². The first-order chi connectivity index (χ1) is 18.0. The molecule has 3 aromatic rings. The third-order valence-electron chi connectivity index (χ3n) is 7.22. The van der Waals surface area contributed by atoms with Gasteiger partial charge in [-0.1, -0.05) is 38.0 Å². The number of unbranched alkanes of at least 4 members (excludes halogenated alkanes) is 2. The number of hydrogen-bond acceptors (Lipinski definition) is 7. The van der Waals surface area contributed by atoms with E-state index in [4.69, 9.17) is 9.15 Å². The van der Waals surface area contributed by atoms with Gasteiger partial charge in [0, 0.05) is 24.1 Å². The van der Waals surface area contributed by atoms with Crippen LogP contribution in [0.1, 0.15) is 70.2 Å². The van der Waals surface area contributed by atoms with Crippen LogP contribution in [0.15, 0.2) is 40.9 Å². The maximum Gasteiger partial charge on any atom is 0.224 e. The maximum absolute atomic E-state index is 13.2. The number of pyridine rings is 1. The van der Waals surface area contributed by atoms with E-state index in [9.17, 15) is 9.59 Å². The Morgan fingerprint density at radius 1 is 1.19 bits per heavy atom. The number of likely N-dealkylation sites (tertiary alicyclic amines) is 1. The predicted molar refractivity (Wildman–Crippen MR) is 143 cm³/mol. The average Bonchev–Trinajstić information content (AvgIpc) is 3.41. The van der Waals surface area contributed by atoms with E-state index in [0.717, 1.165) is 61.7 Å². The Morgan fingerprint density at radius 3 is 2.73 bits per heavy atom. The number of Topliss-reactive ketones (excluding diaryl/α,β-unsaturated/α-hetero) is 1. The van der Waals surface area contributed by atoms with Crippen LogP contribution in [0.25, 0.3) is 22.2 Å². The number of aromatic nitrogens is 2.